The summed E-state index contributed by atoms with van der Waals surface area (Å²) in [5.74, 6) is -0.602. The number of hydrogen-bond donors (Lipinski definition) is 2. The quantitative estimate of drug-likeness (QED) is 0.210. The Labute approximate surface area is 205 Å². The third-order valence-electron chi connectivity index (χ3n) is 4.39. The van der Waals surface area contributed by atoms with Gasteiger partial charge in [0.1, 0.15) is 11.5 Å². The smallest absolute Gasteiger partial charge is 0.343 e. The summed E-state index contributed by atoms with van der Waals surface area (Å²) in [5.41, 5.74) is 3.53. The van der Waals surface area contributed by atoms with Crippen LogP contribution in [0.2, 0.25) is 10.0 Å². The molecule has 174 valence electrons. The van der Waals surface area contributed by atoms with E-state index in [0.29, 0.717) is 27.6 Å². The van der Waals surface area contributed by atoms with Crippen molar-refractivity contribution in [2.45, 2.75) is 0 Å². The molecule has 0 fully saturated rings. The van der Waals surface area contributed by atoms with Crippen LogP contribution in [0, 0.1) is 0 Å². The Bertz CT molecular complexity index is 1230. The number of esters is 1. The Balaban J connectivity index is 1.49. The number of amides is 2. The molecule has 0 aliphatic rings. The van der Waals surface area contributed by atoms with E-state index in [2.05, 4.69) is 15.8 Å². The maximum Gasteiger partial charge on any atom is 0.343 e. The zero-order valence-electron chi connectivity index (χ0n) is 17.9. The van der Waals surface area contributed by atoms with Gasteiger partial charge >= 0.3 is 5.97 Å². The van der Waals surface area contributed by atoms with Gasteiger partial charge in [-0.05, 0) is 60.2 Å². The van der Waals surface area contributed by atoms with E-state index in [1.54, 1.807) is 48.5 Å². The molecule has 0 saturated carbocycles. The van der Waals surface area contributed by atoms with E-state index in [9.17, 15) is 14.4 Å². The minimum Gasteiger partial charge on any atom is -0.497 e. The van der Waals surface area contributed by atoms with Crippen molar-refractivity contribution < 1.29 is 23.9 Å². The molecule has 0 radical (unpaired) electrons. The number of hydrazone groups is 1. The Morgan fingerprint density at radius 2 is 1.65 bits per heavy atom. The molecule has 0 aliphatic heterocycles. The van der Waals surface area contributed by atoms with Crippen LogP contribution in [0.25, 0.3) is 0 Å². The molecule has 0 saturated heterocycles. The minimum atomic E-state index is -0.535. The summed E-state index contributed by atoms with van der Waals surface area (Å²) in [4.78, 5) is 36.3. The number of nitrogens with one attached hydrogen (secondary N) is 2. The fraction of sp³-hybridized carbons (Fsp3) is 0.0833. The van der Waals surface area contributed by atoms with Crippen LogP contribution in [-0.2, 0) is 4.79 Å². The second-order valence-corrected chi connectivity index (χ2v) is 7.61. The average Bonchev–Trinajstić information content (AvgIpc) is 2.84. The zero-order valence-corrected chi connectivity index (χ0v) is 19.4. The molecule has 0 atom stereocenters. The highest BCUT2D eigenvalue weighted by Crippen LogP contribution is 2.22. The first-order valence-electron chi connectivity index (χ1n) is 9.87. The first kappa shape index (κ1) is 24.8. The Morgan fingerprint density at radius 3 is 2.35 bits per heavy atom. The van der Waals surface area contributed by atoms with Crippen LogP contribution in [0.3, 0.4) is 0 Å². The summed E-state index contributed by atoms with van der Waals surface area (Å²) >= 11 is 11.7. The molecule has 8 nitrogen and oxygen atoms in total. The van der Waals surface area contributed by atoms with Crippen molar-refractivity contribution in [2.75, 3.05) is 13.7 Å². The van der Waals surface area contributed by atoms with Crippen molar-refractivity contribution >= 4 is 47.2 Å². The van der Waals surface area contributed by atoms with E-state index < -0.39 is 17.8 Å². The highest BCUT2D eigenvalue weighted by atomic mass is 35.5. The van der Waals surface area contributed by atoms with Gasteiger partial charge in [0.2, 0.25) is 0 Å². The maximum atomic E-state index is 12.3. The van der Waals surface area contributed by atoms with E-state index in [1.807, 2.05) is 0 Å². The SMILES string of the molecule is COc1ccc(C(=O)Oc2cccc(/C=N\NC(=O)CNC(=O)c3ccc(Cl)c(Cl)c3)c2)cc1. The Morgan fingerprint density at radius 1 is 0.912 bits per heavy atom. The fourth-order valence-electron chi connectivity index (χ4n) is 2.67. The number of ether oxygens (including phenoxy) is 2. The van der Waals surface area contributed by atoms with Crippen molar-refractivity contribution in [2.24, 2.45) is 5.10 Å². The number of methoxy groups -OCH3 is 1. The minimum absolute atomic E-state index is 0.236. The topological polar surface area (TPSA) is 106 Å². The van der Waals surface area contributed by atoms with Crippen LogP contribution in [0.5, 0.6) is 11.5 Å². The molecule has 10 heteroatoms. The van der Waals surface area contributed by atoms with Crippen LogP contribution in [0.4, 0.5) is 0 Å². The number of carbonyl (C=O) groups excluding carboxylic acids is 3. The van der Waals surface area contributed by atoms with Crippen LogP contribution in [0.1, 0.15) is 26.3 Å². The highest BCUT2D eigenvalue weighted by molar-refractivity contribution is 6.42. The lowest BCUT2D eigenvalue weighted by molar-refractivity contribution is -0.120. The monoisotopic (exact) mass is 499 g/mol. The van der Waals surface area contributed by atoms with Crippen LogP contribution < -0.4 is 20.2 Å². The maximum absolute atomic E-state index is 12.3. The van der Waals surface area contributed by atoms with Gasteiger partial charge in [0.25, 0.3) is 11.8 Å². The van der Waals surface area contributed by atoms with Crippen LogP contribution >= 0.6 is 23.2 Å². The molecule has 3 aromatic carbocycles. The lowest BCUT2D eigenvalue weighted by Gasteiger charge is -2.06. The third kappa shape index (κ3) is 7.06. The van der Waals surface area contributed by atoms with E-state index in [4.69, 9.17) is 32.7 Å². The summed E-state index contributed by atoms with van der Waals surface area (Å²) in [6, 6.07) is 17.5. The molecule has 0 aromatic heterocycles. The molecule has 0 bridgehead atoms. The summed E-state index contributed by atoms with van der Waals surface area (Å²) in [6.07, 6.45) is 1.38. The highest BCUT2D eigenvalue weighted by Gasteiger charge is 2.10. The molecular formula is C24H19Cl2N3O5. The largest absolute Gasteiger partial charge is 0.497 e. The lowest BCUT2D eigenvalue weighted by Crippen LogP contribution is -2.34. The molecule has 0 heterocycles. The normalized spacial score (nSPS) is 10.6. The van der Waals surface area contributed by atoms with Gasteiger partial charge < -0.3 is 14.8 Å². The van der Waals surface area contributed by atoms with E-state index >= 15 is 0 Å². The van der Waals surface area contributed by atoms with Crippen molar-refractivity contribution in [3.63, 3.8) is 0 Å². The summed E-state index contributed by atoms with van der Waals surface area (Å²) in [5, 5.41) is 6.86. The second-order valence-electron chi connectivity index (χ2n) is 6.80. The fourth-order valence-corrected chi connectivity index (χ4v) is 2.97. The van der Waals surface area contributed by atoms with Gasteiger partial charge in [0.15, 0.2) is 0 Å². The standard InChI is InChI=1S/C24H19Cl2N3O5/c1-33-18-8-5-16(6-9-18)24(32)34-19-4-2-3-15(11-19)13-28-29-22(30)14-27-23(31)17-7-10-20(25)21(26)12-17/h2-13H,14H2,1H3,(H,27,31)(H,29,30)/b28-13-. The number of hydrogen-bond acceptors (Lipinski definition) is 6. The number of rotatable bonds is 8. The lowest BCUT2D eigenvalue weighted by atomic mass is 10.2. The molecular weight excluding hydrogens is 481 g/mol. The predicted octanol–water partition coefficient (Wildman–Crippen LogP) is 4.10. The van der Waals surface area contributed by atoms with Gasteiger partial charge in [-0.25, -0.2) is 10.2 Å². The molecule has 3 rings (SSSR count). The summed E-state index contributed by atoms with van der Waals surface area (Å²) in [7, 11) is 1.54. The molecule has 0 spiro atoms. The number of benzene rings is 3. The predicted molar refractivity (Wildman–Crippen MR) is 129 cm³/mol. The van der Waals surface area contributed by atoms with E-state index in [1.165, 1.54) is 31.5 Å². The van der Waals surface area contributed by atoms with Crippen molar-refractivity contribution in [1.29, 1.82) is 0 Å². The second kappa shape index (κ2) is 11.8. The zero-order chi connectivity index (χ0) is 24.5. The number of halogens is 2. The van der Waals surface area contributed by atoms with Gasteiger partial charge in [-0.2, -0.15) is 5.10 Å². The van der Waals surface area contributed by atoms with Gasteiger partial charge in [0, 0.05) is 5.56 Å². The van der Waals surface area contributed by atoms with Crippen molar-refractivity contribution in [3.8, 4) is 11.5 Å². The average molecular weight is 500 g/mol. The first-order valence-corrected chi connectivity index (χ1v) is 10.6. The van der Waals surface area contributed by atoms with Crippen molar-refractivity contribution in [1.82, 2.24) is 10.7 Å². The molecule has 0 unspecified atom stereocenters. The van der Waals surface area contributed by atoms with Gasteiger partial charge in [-0.15, -0.1) is 0 Å². The van der Waals surface area contributed by atoms with E-state index in [0.717, 1.165) is 0 Å². The third-order valence-corrected chi connectivity index (χ3v) is 5.13. The van der Waals surface area contributed by atoms with Crippen LogP contribution in [0.15, 0.2) is 71.8 Å². The summed E-state index contributed by atoms with van der Waals surface area (Å²) in [6.45, 7) is -0.296. The van der Waals surface area contributed by atoms with Crippen molar-refractivity contribution in [3.05, 3.63) is 93.5 Å². The van der Waals surface area contributed by atoms with Gasteiger partial charge in [-0.3, -0.25) is 9.59 Å². The molecule has 0 aliphatic carbocycles. The summed E-state index contributed by atoms with van der Waals surface area (Å²) < 4.78 is 10.4. The Kier molecular flexibility index (Phi) is 8.61. The van der Waals surface area contributed by atoms with Gasteiger partial charge in [-0.1, -0.05) is 35.3 Å². The first-order chi connectivity index (χ1) is 16.4. The van der Waals surface area contributed by atoms with E-state index in [-0.39, 0.29) is 17.1 Å². The number of nitrogens with zero attached hydrogens (tertiary/aromatic N) is 1. The molecule has 3 aromatic rings. The molecule has 34 heavy (non-hydrogen) atoms. The Hall–Kier alpha value is -3.88. The van der Waals surface area contributed by atoms with Gasteiger partial charge in [0.05, 0.1) is 35.5 Å². The molecule has 2 N–H and O–H groups in total. The van der Waals surface area contributed by atoms with Crippen LogP contribution in [-0.4, -0.2) is 37.7 Å². The number of carbonyl (C=O) groups is 3. The molecule has 2 amide bonds.